The highest BCUT2D eigenvalue weighted by Gasteiger charge is 2.29. The van der Waals surface area contributed by atoms with Crippen LogP contribution in [0, 0.1) is 12.3 Å². The van der Waals surface area contributed by atoms with Crippen molar-refractivity contribution < 1.29 is 4.57 Å². The highest BCUT2D eigenvalue weighted by Crippen LogP contribution is 2.45. The predicted octanol–water partition coefficient (Wildman–Crippen LogP) is 9.93. The molecule has 0 spiro atoms. The average Bonchev–Trinajstić information content (AvgIpc) is 2.88. The van der Waals surface area contributed by atoms with Crippen LogP contribution in [-0.4, -0.2) is 0 Å². The lowest BCUT2D eigenvalue weighted by Gasteiger charge is -2.35. The summed E-state index contributed by atoms with van der Waals surface area (Å²) in [4.78, 5) is 0. The molecule has 0 aliphatic heterocycles. The van der Waals surface area contributed by atoms with E-state index >= 15 is 0 Å². The Kier molecular flexibility index (Phi) is 5.91. The van der Waals surface area contributed by atoms with Crippen molar-refractivity contribution in [3.8, 4) is 11.3 Å². The molecule has 6 rings (SSSR count). The molecule has 1 saturated carbocycles. The van der Waals surface area contributed by atoms with Gasteiger partial charge >= 0.3 is 0 Å². The molecule has 0 atom stereocenters. The van der Waals surface area contributed by atoms with Gasteiger partial charge in [0.2, 0.25) is 5.69 Å². The molecular formula is C37H42N+. The molecule has 38 heavy (non-hydrogen) atoms. The topological polar surface area (TPSA) is 3.88 Å². The fraction of sp³-hybridized carbons (Fsp3) is 0.378. The van der Waals surface area contributed by atoms with Gasteiger partial charge in [-0.25, -0.2) is 4.57 Å². The van der Waals surface area contributed by atoms with E-state index in [-0.39, 0.29) is 5.41 Å². The third-order valence-corrected chi connectivity index (χ3v) is 9.37. The molecule has 1 fully saturated rings. The number of nitrogens with zero attached hydrogens (tertiary/aromatic N) is 1. The first-order chi connectivity index (χ1) is 18.0. The Morgan fingerprint density at radius 3 is 2.08 bits per heavy atom. The number of rotatable bonds is 2. The maximum absolute atomic E-state index is 2.47. The smallest absolute Gasteiger partial charge is 0.200 e. The summed E-state index contributed by atoms with van der Waals surface area (Å²) in [6.45, 7) is 14.2. The summed E-state index contributed by atoms with van der Waals surface area (Å²) in [6, 6.07) is 25.6. The maximum atomic E-state index is 2.47. The van der Waals surface area contributed by atoms with E-state index in [9.17, 15) is 0 Å². The Morgan fingerprint density at radius 1 is 0.737 bits per heavy atom. The van der Waals surface area contributed by atoms with Crippen LogP contribution in [0.1, 0.15) is 82.9 Å². The molecule has 1 aliphatic rings. The summed E-state index contributed by atoms with van der Waals surface area (Å²) in [5, 5.41) is 8.25. The van der Waals surface area contributed by atoms with Gasteiger partial charge in [-0.15, -0.1) is 0 Å². The van der Waals surface area contributed by atoms with Crippen molar-refractivity contribution in [1.29, 1.82) is 0 Å². The van der Waals surface area contributed by atoms with Crippen molar-refractivity contribution in [2.45, 2.75) is 78.6 Å². The summed E-state index contributed by atoms with van der Waals surface area (Å²) >= 11 is 0. The first-order valence-electron chi connectivity index (χ1n) is 14.4. The van der Waals surface area contributed by atoms with Crippen LogP contribution in [0.5, 0.6) is 0 Å². The second-order valence-electron chi connectivity index (χ2n) is 13.6. The summed E-state index contributed by atoms with van der Waals surface area (Å²) in [6.07, 6.45) is 7.49. The first-order valence-corrected chi connectivity index (χ1v) is 14.4. The fourth-order valence-electron chi connectivity index (χ4n) is 7.03. The molecule has 5 aromatic rings. The van der Waals surface area contributed by atoms with Crippen molar-refractivity contribution in [1.82, 2.24) is 0 Å². The van der Waals surface area contributed by atoms with E-state index in [2.05, 4.69) is 126 Å². The van der Waals surface area contributed by atoms with Crippen LogP contribution >= 0.6 is 0 Å². The van der Waals surface area contributed by atoms with Crippen molar-refractivity contribution in [2.24, 2.45) is 12.5 Å². The van der Waals surface area contributed by atoms with E-state index in [1.54, 1.807) is 5.56 Å². The largest absolute Gasteiger partial charge is 0.220 e. The molecule has 0 N–H and O–H groups in total. The molecule has 1 nitrogen and oxygen atoms in total. The Labute approximate surface area is 228 Å². The Hall–Kier alpha value is -3.19. The van der Waals surface area contributed by atoms with Crippen LogP contribution in [0.3, 0.4) is 0 Å². The first kappa shape index (κ1) is 25.1. The molecule has 0 unspecified atom stereocenters. The van der Waals surface area contributed by atoms with Crippen molar-refractivity contribution in [3.63, 3.8) is 0 Å². The quantitative estimate of drug-likeness (QED) is 0.168. The third-order valence-electron chi connectivity index (χ3n) is 9.37. The van der Waals surface area contributed by atoms with Crippen LogP contribution in [-0.2, 0) is 12.5 Å². The van der Waals surface area contributed by atoms with Crippen molar-refractivity contribution in [3.05, 3.63) is 89.6 Å². The van der Waals surface area contributed by atoms with Crippen LogP contribution in [0.15, 0.2) is 72.9 Å². The number of aromatic nitrogens is 1. The second kappa shape index (κ2) is 8.94. The van der Waals surface area contributed by atoms with Gasteiger partial charge in [-0.3, -0.25) is 0 Å². The molecule has 1 aliphatic carbocycles. The maximum Gasteiger partial charge on any atom is 0.220 e. The number of fused-ring (bicyclic) bond motifs is 4. The molecule has 0 radical (unpaired) electrons. The van der Waals surface area contributed by atoms with Crippen LogP contribution < -0.4 is 4.57 Å². The summed E-state index contributed by atoms with van der Waals surface area (Å²) < 4.78 is 2.32. The molecule has 4 aromatic carbocycles. The lowest BCUT2D eigenvalue weighted by molar-refractivity contribution is -0.659. The van der Waals surface area contributed by atoms with E-state index in [4.69, 9.17) is 0 Å². The van der Waals surface area contributed by atoms with Crippen molar-refractivity contribution in [2.75, 3.05) is 0 Å². The number of aryl methyl sites for hydroxylation is 2. The van der Waals surface area contributed by atoms with E-state index in [0.29, 0.717) is 11.3 Å². The minimum Gasteiger partial charge on any atom is -0.200 e. The Morgan fingerprint density at radius 2 is 1.37 bits per heavy atom. The minimum atomic E-state index is 0.0569. The number of hydrogen-bond acceptors (Lipinski definition) is 0. The molecule has 1 heteroatoms. The molecule has 1 heterocycles. The molecule has 194 valence electrons. The monoisotopic (exact) mass is 500 g/mol. The summed E-state index contributed by atoms with van der Waals surface area (Å²) in [7, 11) is 2.20. The molecule has 0 bridgehead atoms. The van der Waals surface area contributed by atoms with Gasteiger partial charge in [0.25, 0.3) is 0 Å². The van der Waals surface area contributed by atoms with Gasteiger partial charge in [-0.2, -0.15) is 0 Å². The zero-order valence-electron chi connectivity index (χ0n) is 24.3. The average molecular weight is 501 g/mol. The Bertz CT molecular complexity index is 1690. The van der Waals surface area contributed by atoms with Gasteiger partial charge in [0, 0.05) is 11.5 Å². The van der Waals surface area contributed by atoms with Crippen LogP contribution in [0.25, 0.3) is 43.6 Å². The van der Waals surface area contributed by atoms with E-state index in [1.807, 2.05) is 0 Å². The zero-order valence-corrected chi connectivity index (χ0v) is 24.3. The van der Waals surface area contributed by atoms with Gasteiger partial charge in [0.15, 0.2) is 6.20 Å². The number of hydrogen-bond donors (Lipinski definition) is 0. The fourth-order valence-corrected chi connectivity index (χ4v) is 7.03. The zero-order chi connectivity index (χ0) is 26.8. The molecular weight excluding hydrogens is 458 g/mol. The lowest BCUT2D eigenvalue weighted by atomic mass is 9.70. The normalized spacial score (nSPS) is 16.5. The van der Waals surface area contributed by atoms with E-state index in [0.717, 1.165) is 0 Å². The van der Waals surface area contributed by atoms with Crippen molar-refractivity contribution >= 4 is 32.3 Å². The summed E-state index contributed by atoms with van der Waals surface area (Å²) in [5.41, 5.74) is 7.51. The van der Waals surface area contributed by atoms with Crippen LogP contribution in [0.2, 0.25) is 0 Å². The molecule has 1 aromatic heterocycles. The minimum absolute atomic E-state index is 0.0569. The van der Waals surface area contributed by atoms with Gasteiger partial charge in [-0.1, -0.05) is 83.1 Å². The van der Waals surface area contributed by atoms with Gasteiger partial charge in [0.05, 0.1) is 10.9 Å². The Balaban J connectivity index is 1.60. The molecule has 0 amide bonds. The highest BCUT2D eigenvalue weighted by molar-refractivity contribution is 6.12. The standard InChI is InChI=1S/C37H42N/c1-24-26-11-8-9-12-31(26)34(36(2,3)4)23-33(24)35-32-16-15-29-27(25-17-20-37(5,6)21-18-25)13-10-14-28(29)30(32)19-22-38(35)7/h8-16,19,22-23,25H,17-18,20-21H2,1-7H3/q+1. The van der Waals surface area contributed by atoms with Gasteiger partial charge < -0.3 is 0 Å². The van der Waals surface area contributed by atoms with E-state index in [1.165, 1.54) is 80.4 Å². The summed E-state index contributed by atoms with van der Waals surface area (Å²) in [5.74, 6) is 0.667. The van der Waals surface area contributed by atoms with Gasteiger partial charge in [0.1, 0.15) is 7.05 Å². The van der Waals surface area contributed by atoms with E-state index < -0.39 is 0 Å². The number of benzene rings is 4. The molecule has 0 saturated heterocycles. The SMILES string of the molecule is Cc1c(-c2c3ccc4c(C5CCC(C)(C)CC5)cccc4c3cc[n+]2C)cc(C(C)(C)C)c2ccccc12. The third kappa shape index (κ3) is 4.12. The number of pyridine rings is 1. The van der Waals surface area contributed by atoms with Gasteiger partial charge in [-0.05, 0) is 99.7 Å². The second-order valence-corrected chi connectivity index (χ2v) is 13.6. The predicted molar refractivity (Wildman–Crippen MR) is 164 cm³/mol. The lowest BCUT2D eigenvalue weighted by Crippen LogP contribution is -2.31. The van der Waals surface area contributed by atoms with Crippen LogP contribution in [0.4, 0.5) is 0 Å². The highest BCUT2D eigenvalue weighted by atomic mass is 14.9.